The zero-order valence-electron chi connectivity index (χ0n) is 17.2. The molecule has 2 atom stereocenters. The first-order valence-corrected chi connectivity index (χ1v) is 10.6. The monoisotopic (exact) mass is 386 g/mol. The van der Waals surface area contributed by atoms with E-state index in [0.29, 0.717) is 12.2 Å². The Labute approximate surface area is 168 Å². The molecule has 1 aromatic carbocycles. The van der Waals surface area contributed by atoms with Crippen LogP contribution >= 0.6 is 0 Å². The lowest BCUT2D eigenvalue weighted by Gasteiger charge is -2.37. The number of hydrogen-bond acceptors (Lipinski definition) is 4. The number of rotatable bonds is 5. The Morgan fingerprint density at radius 2 is 1.89 bits per heavy atom. The molecule has 0 bridgehead atoms. The molecule has 154 valence electrons. The summed E-state index contributed by atoms with van der Waals surface area (Å²) in [6, 6.07) is 5.65. The zero-order chi connectivity index (χ0) is 20.1. The summed E-state index contributed by atoms with van der Waals surface area (Å²) in [5, 5.41) is 6.02. The van der Waals surface area contributed by atoms with E-state index in [1.54, 1.807) is 0 Å². The van der Waals surface area contributed by atoms with Crippen molar-refractivity contribution in [3.05, 3.63) is 23.8 Å². The number of hydrogen-bond donors (Lipinski definition) is 3. The molecular formula is C22H34N4O2. The largest absolute Gasteiger partial charge is 0.326 e. The third-order valence-corrected chi connectivity index (χ3v) is 6.17. The average molecular weight is 387 g/mol. The molecular weight excluding hydrogens is 352 g/mol. The second-order valence-electron chi connectivity index (χ2n) is 8.71. The van der Waals surface area contributed by atoms with Gasteiger partial charge in [-0.2, -0.15) is 0 Å². The van der Waals surface area contributed by atoms with E-state index < -0.39 is 5.54 Å². The maximum Gasteiger partial charge on any atom is 0.238 e. The Kier molecular flexibility index (Phi) is 6.73. The van der Waals surface area contributed by atoms with Crippen LogP contribution in [0.1, 0.15) is 57.4 Å². The van der Waals surface area contributed by atoms with Crippen molar-refractivity contribution in [2.75, 3.05) is 30.3 Å². The molecule has 2 amide bonds. The molecule has 2 aliphatic rings. The van der Waals surface area contributed by atoms with Gasteiger partial charge in [0, 0.05) is 16.9 Å². The van der Waals surface area contributed by atoms with Gasteiger partial charge in [0.25, 0.3) is 0 Å². The van der Waals surface area contributed by atoms with Gasteiger partial charge in [-0.3, -0.25) is 14.5 Å². The minimum Gasteiger partial charge on any atom is -0.326 e. The molecule has 2 unspecified atom stereocenters. The van der Waals surface area contributed by atoms with E-state index in [2.05, 4.69) is 15.5 Å². The highest BCUT2D eigenvalue weighted by molar-refractivity contribution is 5.96. The van der Waals surface area contributed by atoms with Crippen molar-refractivity contribution in [2.24, 2.45) is 11.7 Å². The highest BCUT2D eigenvalue weighted by Gasteiger charge is 2.37. The van der Waals surface area contributed by atoms with Crippen molar-refractivity contribution >= 4 is 23.2 Å². The summed E-state index contributed by atoms with van der Waals surface area (Å²) in [5.74, 6) is -0.214. The number of carbonyl (C=O) groups is 2. The normalized spacial score (nSPS) is 25.9. The van der Waals surface area contributed by atoms with Crippen LogP contribution in [0.15, 0.2) is 18.2 Å². The number of anilines is 2. The van der Waals surface area contributed by atoms with E-state index in [1.807, 2.05) is 32.0 Å². The van der Waals surface area contributed by atoms with Crippen LogP contribution in [0.5, 0.6) is 0 Å². The van der Waals surface area contributed by atoms with E-state index in [1.165, 1.54) is 6.42 Å². The maximum absolute atomic E-state index is 12.8. The highest BCUT2D eigenvalue weighted by Crippen LogP contribution is 2.32. The van der Waals surface area contributed by atoms with Crippen molar-refractivity contribution in [1.82, 2.24) is 4.90 Å². The number of piperidine rings is 1. The van der Waals surface area contributed by atoms with Gasteiger partial charge < -0.3 is 16.4 Å². The molecule has 1 saturated carbocycles. The first-order chi connectivity index (χ1) is 13.3. The first-order valence-electron chi connectivity index (χ1n) is 10.6. The summed E-state index contributed by atoms with van der Waals surface area (Å²) in [7, 11) is 0. The van der Waals surface area contributed by atoms with Crippen molar-refractivity contribution in [3.63, 3.8) is 0 Å². The second kappa shape index (κ2) is 9.05. The maximum atomic E-state index is 12.8. The van der Waals surface area contributed by atoms with Gasteiger partial charge in [0.15, 0.2) is 0 Å². The Morgan fingerprint density at radius 1 is 1.14 bits per heavy atom. The Bertz CT molecular complexity index is 710. The first kappa shape index (κ1) is 20.8. The molecule has 1 heterocycles. The third kappa shape index (κ3) is 5.32. The van der Waals surface area contributed by atoms with Crippen LogP contribution in [0.3, 0.4) is 0 Å². The quantitative estimate of drug-likeness (QED) is 0.725. The van der Waals surface area contributed by atoms with Gasteiger partial charge in [0.1, 0.15) is 0 Å². The number of benzene rings is 1. The molecule has 4 N–H and O–H groups in total. The van der Waals surface area contributed by atoms with Gasteiger partial charge in [-0.25, -0.2) is 0 Å². The van der Waals surface area contributed by atoms with Crippen molar-refractivity contribution in [3.8, 4) is 0 Å². The van der Waals surface area contributed by atoms with E-state index in [0.717, 1.165) is 62.9 Å². The molecule has 0 radical (unpaired) electrons. The summed E-state index contributed by atoms with van der Waals surface area (Å²) in [6.07, 6.45) is 7.39. The van der Waals surface area contributed by atoms with Gasteiger partial charge >= 0.3 is 0 Å². The highest BCUT2D eigenvalue weighted by atomic mass is 16.2. The van der Waals surface area contributed by atoms with Gasteiger partial charge in [-0.15, -0.1) is 0 Å². The summed E-state index contributed by atoms with van der Waals surface area (Å²) in [6.45, 7) is 6.32. The molecule has 1 saturated heterocycles. The summed E-state index contributed by atoms with van der Waals surface area (Å²) < 4.78 is 0. The lowest BCUT2D eigenvalue weighted by atomic mass is 9.74. The van der Waals surface area contributed by atoms with E-state index >= 15 is 0 Å². The van der Waals surface area contributed by atoms with Crippen molar-refractivity contribution < 1.29 is 9.59 Å². The molecule has 3 rings (SSSR count). The molecule has 28 heavy (non-hydrogen) atoms. The number of nitrogens with one attached hydrogen (secondary N) is 2. The van der Waals surface area contributed by atoms with Gasteiger partial charge in [-0.1, -0.05) is 25.3 Å². The van der Waals surface area contributed by atoms with E-state index in [9.17, 15) is 9.59 Å². The fourth-order valence-electron chi connectivity index (χ4n) is 4.36. The van der Waals surface area contributed by atoms with Gasteiger partial charge in [0.2, 0.25) is 11.8 Å². The average Bonchev–Trinajstić information content (AvgIpc) is 2.64. The predicted molar refractivity (Wildman–Crippen MR) is 113 cm³/mol. The van der Waals surface area contributed by atoms with Crippen LogP contribution in [0.4, 0.5) is 11.4 Å². The van der Waals surface area contributed by atoms with Gasteiger partial charge in [0.05, 0.1) is 12.5 Å². The lowest BCUT2D eigenvalue weighted by Crippen LogP contribution is -2.51. The van der Waals surface area contributed by atoms with Crippen LogP contribution in [0, 0.1) is 12.8 Å². The number of aryl methyl sites for hydroxylation is 1. The Morgan fingerprint density at radius 3 is 2.61 bits per heavy atom. The Hall–Kier alpha value is -1.92. The topological polar surface area (TPSA) is 87.5 Å². The summed E-state index contributed by atoms with van der Waals surface area (Å²) in [5.41, 5.74) is 8.33. The summed E-state index contributed by atoms with van der Waals surface area (Å²) in [4.78, 5) is 27.4. The van der Waals surface area contributed by atoms with Crippen molar-refractivity contribution in [2.45, 2.75) is 64.3 Å². The van der Waals surface area contributed by atoms with Crippen LogP contribution in [0.2, 0.25) is 0 Å². The number of amides is 2. The van der Waals surface area contributed by atoms with Crippen LogP contribution in [-0.4, -0.2) is 41.9 Å². The van der Waals surface area contributed by atoms with E-state index in [-0.39, 0.29) is 17.7 Å². The van der Waals surface area contributed by atoms with Crippen LogP contribution in [-0.2, 0) is 9.59 Å². The molecule has 1 aliphatic carbocycles. The molecule has 6 nitrogen and oxygen atoms in total. The number of nitrogens with zero attached hydrogens (tertiary/aromatic N) is 1. The van der Waals surface area contributed by atoms with Gasteiger partial charge in [-0.05, 0) is 70.3 Å². The lowest BCUT2D eigenvalue weighted by molar-refractivity contribution is -0.122. The number of likely N-dealkylation sites (tertiary alicyclic amines) is 1. The molecule has 1 aliphatic heterocycles. The minimum atomic E-state index is -0.460. The standard InChI is InChI=1S/C22H34N4O2/c1-16-9-10-17(24-21(28)18-8-4-5-11-22(18,2)23)14-19(16)25-20(27)15-26-12-6-3-7-13-26/h9-10,14,18H,3-8,11-13,15,23H2,1-2H3,(H,24,28)(H,25,27). The second-order valence-corrected chi connectivity index (χ2v) is 8.71. The number of nitrogens with two attached hydrogens (primary N) is 1. The predicted octanol–water partition coefficient (Wildman–Crippen LogP) is 3.27. The molecule has 2 fully saturated rings. The molecule has 0 spiro atoms. The van der Waals surface area contributed by atoms with Crippen LogP contribution < -0.4 is 16.4 Å². The van der Waals surface area contributed by atoms with E-state index in [4.69, 9.17) is 5.73 Å². The smallest absolute Gasteiger partial charge is 0.238 e. The fourth-order valence-corrected chi connectivity index (χ4v) is 4.36. The minimum absolute atomic E-state index is 0.00436. The fraction of sp³-hybridized carbons (Fsp3) is 0.636. The van der Waals surface area contributed by atoms with Crippen LogP contribution in [0.25, 0.3) is 0 Å². The SMILES string of the molecule is Cc1ccc(NC(=O)C2CCCCC2(C)N)cc1NC(=O)CN1CCCCC1. The number of carbonyl (C=O) groups excluding carboxylic acids is 2. The molecule has 6 heteroatoms. The Balaban J connectivity index is 1.62. The summed E-state index contributed by atoms with van der Waals surface area (Å²) >= 11 is 0. The molecule has 0 aromatic heterocycles. The zero-order valence-corrected chi connectivity index (χ0v) is 17.2. The third-order valence-electron chi connectivity index (χ3n) is 6.17. The molecule has 1 aromatic rings. The van der Waals surface area contributed by atoms with Crippen molar-refractivity contribution in [1.29, 1.82) is 0 Å².